The minimum atomic E-state index is -0.277. The molecule has 0 bridgehead atoms. The number of fused-ring (bicyclic) bond motifs is 1. The number of nitrogens with one attached hydrogen (secondary N) is 2. The normalized spacial score (nSPS) is 19.6. The Labute approximate surface area is 194 Å². The lowest BCUT2D eigenvalue weighted by atomic mass is 9.96. The van der Waals surface area contributed by atoms with Gasteiger partial charge in [-0.2, -0.15) is 0 Å². The number of anilines is 2. The quantitative estimate of drug-likeness (QED) is 0.678. The molecule has 33 heavy (non-hydrogen) atoms. The number of nitrogens with zero attached hydrogens (tertiary/aromatic N) is 2. The topological polar surface area (TPSA) is 56.7 Å². The number of para-hydroxylation sites is 2. The van der Waals surface area contributed by atoms with E-state index < -0.39 is 0 Å². The molecule has 1 aliphatic carbocycles. The van der Waals surface area contributed by atoms with E-state index in [0.29, 0.717) is 11.4 Å². The van der Waals surface area contributed by atoms with E-state index in [4.69, 9.17) is 0 Å². The van der Waals surface area contributed by atoms with Crippen LogP contribution >= 0.6 is 0 Å². The van der Waals surface area contributed by atoms with E-state index in [1.807, 2.05) is 48.6 Å². The molecule has 2 heterocycles. The van der Waals surface area contributed by atoms with E-state index in [-0.39, 0.29) is 11.8 Å². The smallest absolute Gasteiger partial charge is 0.189 e. The van der Waals surface area contributed by atoms with Crippen molar-refractivity contribution in [3.05, 3.63) is 120 Å². The number of ketones is 1. The third kappa shape index (κ3) is 4.44. The van der Waals surface area contributed by atoms with Crippen molar-refractivity contribution in [3.8, 4) is 0 Å². The summed E-state index contributed by atoms with van der Waals surface area (Å²) in [6.45, 7) is 2.05. The van der Waals surface area contributed by atoms with E-state index in [0.717, 1.165) is 41.3 Å². The summed E-state index contributed by atoms with van der Waals surface area (Å²) in [5.41, 5.74) is 4.76. The van der Waals surface area contributed by atoms with Crippen molar-refractivity contribution < 1.29 is 4.79 Å². The summed E-state index contributed by atoms with van der Waals surface area (Å²) in [6, 6.07) is 17.9. The van der Waals surface area contributed by atoms with Gasteiger partial charge in [0.05, 0.1) is 6.04 Å². The zero-order valence-corrected chi connectivity index (χ0v) is 18.5. The Bertz CT molecular complexity index is 1250. The Hall–Kier alpha value is -4.12. The van der Waals surface area contributed by atoms with Gasteiger partial charge in [0.25, 0.3) is 0 Å². The van der Waals surface area contributed by atoms with Crippen LogP contribution in [-0.2, 0) is 4.79 Å². The maximum atomic E-state index is 13.2. The summed E-state index contributed by atoms with van der Waals surface area (Å²) in [6.07, 6.45) is 15.8. The maximum Gasteiger partial charge on any atom is 0.189 e. The van der Waals surface area contributed by atoms with Gasteiger partial charge in [0.2, 0.25) is 0 Å². The first-order chi connectivity index (χ1) is 16.2. The summed E-state index contributed by atoms with van der Waals surface area (Å²) in [7, 11) is 0. The van der Waals surface area contributed by atoms with Crippen LogP contribution in [0.5, 0.6) is 0 Å². The van der Waals surface area contributed by atoms with Crippen molar-refractivity contribution in [2.45, 2.75) is 25.8 Å². The lowest BCUT2D eigenvalue weighted by molar-refractivity contribution is -0.111. The van der Waals surface area contributed by atoms with E-state index >= 15 is 0 Å². The second-order valence-corrected chi connectivity index (χ2v) is 8.21. The number of rotatable bonds is 4. The molecule has 164 valence electrons. The highest BCUT2D eigenvalue weighted by Crippen LogP contribution is 2.31. The number of carbonyl (C=O) groups excluding carboxylic acids is 1. The number of aliphatic imine (C=N–C) groups is 1. The minimum Gasteiger partial charge on any atom is -0.342 e. The van der Waals surface area contributed by atoms with Crippen molar-refractivity contribution >= 4 is 23.0 Å². The highest BCUT2D eigenvalue weighted by atomic mass is 16.1. The van der Waals surface area contributed by atoms with Crippen molar-refractivity contribution in [2.24, 2.45) is 4.99 Å². The largest absolute Gasteiger partial charge is 0.342 e. The Morgan fingerprint density at radius 2 is 1.79 bits per heavy atom. The molecule has 2 aromatic rings. The summed E-state index contributed by atoms with van der Waals surface area (Å²) >= 11 is 0. The van der Waals surface area contributed by atoms with Gasteiger partial charge < -0.3 is 15.5 Å². The molecule has 2 aromatic carbocycles. The molecular formula is C28H26N4O. The number of amidine groups is 1. The molecule has 5 rings (SSSR count). The fourth-order valence-corrected chi connectivity index (χ4v) is 4.17. The van der Waals surface area contributed by atoms with Crippen LogP contribution < -0.4 is 15.5 Å². The Kier molecular flexibility index (Phi) is 5.77. The number of aryl methyl sites for hydroxylation is 1. The molecule has 0 fully saturated rings. The maximum absolute atomic E-state index is 13.2. The number of hydrogen-bond acceptors (Lipinski definition) is 5. The van der Waals surface area contributed by atoms with E-state index in [9.17, 15) is 4.79 Å². The molecule has 1 unspecified atom stereocenters. The van der Waals surface area contributed by atoms with Gasteiger partial charge >= 0.3 is 0 Å². The number of benzene rings is 2. The second kappa shape index (κ2) is 9.17. The molecular weight excluding hydrogens is 408 g/mol. The molecule has 3 aliphatic rings. The van der Waals surface area contributed by atoms with Crippen molar-refractivity contribution in [2.75, 3.05) is 10.2 Å². The SMILES string of the molecule is Cc1ccccc1NC1=NC=C2C(=O)C=C(NC3=CCCC=C3)N(c3ccccc3)C2C=C1. The molecule has 0 radical (unpaired) electrons. The minimum absolute atomic E-state index is 0.0411. The Morgan fingerprint density at radius 1 is 0.970 bits per heavy atom. The van der Waals surface area contributed by atoms with Crippen LogP contribution in [0.3, 0.4) is 0 Å². The zero-order valence-electron chi connectivity index (χ0n) is 18.5. The van der Waals surface area contributed by atoms with Crippen LogP contribution in [0.1, 0.15) is 18.4 Å². The molecule has 5 nitrogen and oxygen atoms in total. The van der Waals surface area contributed by atoms with Crippen LogP contribution in [0.2, 0.25) is 0 Å². The van der Waals surface area contributed by atoms with Crippen LogP contribution in [0, 0.1) is 6.92 Å². The molecule has 2 N–H and O–H groups in total. The molecule has 1 atom stereocenters. The molecule has 2 aliphatic heterocycles. The first-order valence-electron chi connectivity index (χ1n) is 11.2. The van der Waals surface area contributed by atoms with Crippen molar-refractivity contribution in [1.82, 2.24) is 5.32 Å². The van der Waals surface area contributed by atoms with Gasteiger partial charge in [0, 0.05) is 34.9 Å². The van der Waals surface area contributed by atoms with Crippen molar-refractivity contribution in [1.29, 1.82) is 0 Å². The van der Waals surface area contributed by atoms with Gasteiger partial charge in [-0.3, -0.25) is 4.79 Å². The number of allylic oxidation sites excluding steroid dienone is 4. The van der Waals surface area contributed by atoms with Gasteiger partial charge in [-0.15, -0.1) is 0 Å². The standard InChI is InChI=1S/C28H26N4O/c1-20-10-8-9-15-24(20)31-27-17-16-25-23(19-29-27)26(33)18-28(30-21-11-4-2-5-12-21)32(25)22-13-6-3-7-14-22/h3-4,6-19,25,30H,2,5H2,1H3,(H,29,31). The molecule has 0 amide bonds. The highest BCUT2D eigenvalue weighted by molar-refractivity contribution is 6.10. The molecule has 0 saturated carbocycles. The predicted molar refractivity (Wildman–Crippen MR) is 135 cm³/mol. The zero-order chi connectivity index (χ0) is 22.6. The number of carbonyl (C=O) groups is 1. The van der Waals surface area contributed by atoms with Gasteiger partial charge in [-0.05, 0) is 55.7 Å². The molecule has 5 heteroatoms. The molecule has 0 aromatic heterocycles. The molecule has 0 spiro atoms. The summed E-state index contributed by atoms with van der Waals surface area (Å²) in [5.74, 6) is 1.41. The average Bonchev–Trinajstić information content (AvgIpc) is 3.05. The second-order valence-electron chi connectivity index (χ2n) is 8.21. The first-order valence-corrected chi connectivity index (χ1v) is 11.2. The third-order valence-corrected chi connectivity index (χ3v) is 5.90. The molecule has 0 saturated heterocycles. The van der Waals surface area contributed by atoms with E-state index in [1.165, 1.54) is 0 Å². The summed E-state index contributed by atoms with van der Waals surface area (Å²) in [4.78, 5) is 19.9. The summed E-state index contributed by atoms with van der Waals surface area (Å²) < 4.78 is 0. The highest BCUT2D eigenvalue weighted by Gasteiger charge is 2.33. The van der Waals surface area contributed by atoms with E-state index in [2.05, 4.69) is 63.9 Å². The lowest BCUT2D eigenvalue weighted by Crippen LogP contribution is -2.45. The van der Waals surface area contributed by atoms with Crippen LogP contribution in [0.25, 0.3) is 0 Å². The van der Waals surface area contributed by atoms with Crippen LogP contribution in [0.15, 0.2) is 119 Å². The average molecular weight is 435 g/mol. The number of hydrogen-bond donors (Lipinski definition) is 2. The van der Waals surface area contributed by atoms with Gasteiger partial charge in [-0.25, -0.2) is 4.99 Å². The predicted octanol–water partition coefficient (Wildman–Crippen LogP) is 5.38. The van der Waals surface area contributed by atoms with E-state index in [1.54, 1.807) is 12.3 Å². The Morgan fingerprint density at radius 3 is 2.58 bits per heavy atom. The monoisotopic (exact) mass is 434 g/mol. The Balaban J connectivity index is 1.50. The fourth-order valence-electron chi connectivity index (χ4n) is 4.17. The van der Waals surface area contributed by atoms with Gasteiger partial charge in [0.15, 0.2) is 5.78 Å². The van der Waals surface area contributed by atoms with Crippen LogP contribution in [-0.4, -0.2) is 17.7 Å². The first kappa shape index (κ1) is 20.8. The summed E-state index contributed by atoms with van der Waals surface area (Å²) in [5, 5.41) is 6.86. The lowest BCUT2D eigenvalue weighted by Gasteiger charge is -2.37. The fraction of sp³-hybridized carbons (Fsp3) is 0.143. The van der Waals surface area contributed by atoms with Crippen LogP contribution in [0.4, 0.5) is 11.4 Å². The van der Waals surface area contributed by atoms with Crippen molar-refractivity contribution in [3.63, 3.8) is 0 Å². The van der Waals surface area contributed by atoms with Gasteiger partial charge in [-0.1, -0.05) is 54.6 Å². The van der Waals surface area contributed by atoms with Gasteiger partial charge in [0.1, 0.15) is 11.7 Å². The third-order valence-electron chi connectivity index (χ3n) is 5.90.